The lowest BCUT2D eigenvalue weighted by molar-refractivity contribution is 0.191. The first-order valence-corrected chi connectivity index (χ1v) is 8.44. The lowest BCUT2D eigenvalue weighted by Gasteiger charge is -2.37. The van der Waals surface area contributed by atoms with Crippen LogP contribution in [0.4, 0.5) is 0 Å². The Balaban J connectivity index is 2.06. The van der Waals surface area contributed by atoms with E-state index in [0.717, 1.165) is 11.8 Å². The van der Waals surface area contributed by atoms with Crippen molar-refractivity contribution in [1.82, 2.24) is 5.32 Å². The van der Waals surface area contributed by atoms with Gasteiger partial charge in [0, 0.05) is 12.1 Å². The van der Waals surface area contributed by atoms with Crippen molar-refractivity contribution in [2.45, 2.75) is 71.9 Å². The average molecular weight is 273 g/mol. The van der Waals surface area contributed by atoms with Crippen molar-refractivity contribution in [3.8, 4) is 0 Å². The van der Waals surface area contributed by atoms with Crippen molar-refractivity contribution in [2.24, 2.45) is 11.8 Å². The van der Waals surface area contributed by atoms with Gasteiger partial charge in [0.1, 0.15) is 0 Å². The molecule has 1 nitrogen and oxygen atoms in total. The fourth-order valence-electron chi connectivity index (χ4n) is 3.67. The molecule has 1 aromatic carbocycles. The SMILES string of the molecule is CCC(NC1CCCCC1C(C)C)c1ccc(C)cc1. The summed E-state index contributed by atoms with van der Waals surface area (Å²) in [5.74, 6) is 1.64. The first-order chi connectivity index (χ1) is 9.61. The fraction of sp³-hybridized carbons (Fsp3) is 0.684. The van der Waals surface area contributed by atoms with Gasteiger partial charge in [-0.25, -0.2) is 0 Å². The molecule has 3 atom stereocenters. The molecule has 0 saturated heterocycles. The average Bonchev–Trinajstić information content (AvgIpc) is 2.46. The molecule has 1 aliphatic carbocycles. The summed E-state index contributed by atoms with van der Waals surface area (Å²) in [6, 6.07) is 10.3. The van der Waals surface area contributed by atoms with E-state index in [-0.39, 0.29) is 0 Å². The quantitative estimate of drug-likeness (QED) is 0.772. The summed E-state index contributed by atoms with van der Waals surface area (Å²) < 4.78 is 0. The van der Waals surface area contributed by atoms with Crippen molar-refractivity contribution in [3.05, 3.63) is 35.4 Å². The van der Waals surface area contributed by atoms with E-state index in [4.69, 9.17) is 0 Å². The third kappa shape index (κ3) is 3.85. The number of nitrogens with one attached hydrogen (secondary N) is 1. The highest BCUT2D eigenvalue weighted by molar-refractivity contribution is 5.24. The van der Waals surface area contributed by atoms with Crippen LogP contribution in [0.15, 0.2) is 24.3 Å². The topological polar surface area (TPSA) is 12.0 Å². The lowest BCUT2D eigenvalue weighted by Crippen LogP contribution is -2.42. The Labute approximate surface area is 125 Å². The van der Waals surface area contributed by atoms with Crippen LogP contribution in [0, 0.1) is 18.8 Å². The van der Waals surface area contributed by atoms with Gasteiger partial charge in [-0.3, -0.25) is 0 Å². The van der Waals surface area contributed by atoms with E-state index in [1.165, 1.54) is 43.2 Å². The third-order valence-corrected chi connectivity index (χ3v) is 4.98. The Morgan fingerprint density at radius 2 is 1.75 bits per heavy atom. The third-order valence-electron chi connectivity index (χ3n) is 4.98. The van der Waals surface area contributed by atoms with Gasteiger partial charge in [-0.05, 0) is 43.6 Å². The predicted molar refractivity (Wildman–Crippen MR) is 87.9 cm³/mol. The van der Waals surface area contributed by atoms with Gasteiger partial charge in [0.25, 0.3) is 0 Å². The number of benzene rings is 1. The van der Waals surface area contributed by atoms with Crippen LogP contribution in [0.2, 0.25) is 0 Å². The highest BCUT2D eigenvalue weighted by atomic mass is 15.0. The molecular weight excluding hydrogens is 242 g/mol. The van der Waals surface area contributed by atoms with E-state index in [0.29, 0.717) is 12.1 Å². The molecule has 0 heterocycles. The molecule has 1 aliphatic rings. The van der Waals surface area contributed by atoms with Gasteiger partial charge in [-0.15, -0.1) is 0 Å². The summed E-state index contributed by atoms with van der Waals surface area (Å²) in [6.45, 7) is 9.23. The Kier molecular flexibility index (Phi) is 5.65. The molecule has 1 aromatic rings. The summed E-state index contributed by atoms with van der Waals surface area (Å²) in [7, 11) is 0. The van der Waals surface area contributed by atoms with Crippen LogP contribution in [0.5, 0.6) is 0 Å². The molecule has 0 bridgehead atoms. The van der Waals surface area contributed by atoms with Crippen molar-refractivity contribution >= 4 is 0 Å². The molecule has 1 fully saturated rings. The molecule has 112 valence electrons. The largest absolute Gasteiger partial charge is 0.307 e. The zero-order valence-corrected chi connectivity index (χ0v) is 13.7. The van der Waals surface area contributed by atoms with Crippen molar-refractivity contribution in [2.75, 3.05) is 0 Å². The molecule has 3 unspecified atom stereocenters. The van der Waals surface area contributed by atoms with Crippen LogP contribution in [0.25, 0.3) is 0 Å². The minimum Gasteiger partial charge on any atom is -0.307 e. The maximum absolute atomic E-state index is 3.97. The monoisotopic (exact) mass is 273 g/mol. The van der Waals surface area contributed by atoms with Gasteiger partial charge < -0.3 is 5.32 Å². The molecule has 1 heteroatoms. The highest BCUT2D eigenvalue weighted by Gasteiger charge is 2.28. The fourth-order valence-corrected chi connectivity index (χ4v) is 3.67. The molecule has 20 heavy (non-hydrogen) atoms. The summed E-state index contributed by atoms with van der Waals surface area (Å²) >= 11 is 0. The highest BCUT2D eigenvalue weighted by Crippen LogP contribution is 2.32. The normalized spacial score (nSPS) is 24.9. The van der Waals surface area contributed by atoms with Crippen LogP contribution in [-0.4, -0.2) is 6.04 Å². The molecule has 2 rings (SSSR count). The van der Waals surface area contributed by atoms with E-state index in [1.54, 1.807) is 0 Å². The molecule has 1 N–H and O–H groups in total. The van der Waals surface area contributed by atoms with Crippen LogP contribution in [-0.2, 0) is 0 Å². The Hall–Kier alpha value is -0.820. The molecule has 0 radical (unpaired) electrons. The molecule has 0 aromatic heterocycles. The minimum absolute atomic E-state index is 0.514. The number of hydrogen-bond acceptors (Lipinski definition) is 1. The summed E-state index contributed by atoms with van der Waals surface area (Å²) in [6.07, 6.45) is 6.74. The second-order valence-electron chi connectivity index (χ2n) is 6.84. The van der Waals surface area contributed by atoms with Gasteiger partial charge in [0.2, 0.25) is 0 Å². The molecule has 0 aliphatic heterocycles. The van der Waals surface area contributed by atoms with Gasteiger partial charge in [0.05, 0.1) is 0 Å². The second-order valence-corrected chi connectivity index (χ2v) is 6.84. The Morgan fingerprint density at radius 3 is 2.35 bits per heavy atom. The summed E-state index contributed by atoms with van der Waals surface area (Å²) in [5.41, 5.74) is 2.80. The first kappa shape index (κ1) is 15.6. The van der Waals surface area contributed by atoms with Crippen LogP contribution in [0.3, 0.4) is 0 Å². The predicted octanol–water partition coefficient (Wildman–Crippen LogP) is 5.25. The van der Waals surface area contributed by atoms with E-state index in [2.05, 4.69) is 57.3 Å². The lowest BCUT2D eigenvalue weighted by atomic mass is 9.77. The Morgan fingerprint density at radius 1 is 1.10 bits per heavy atom. The van der Waals surface area contributed by atoms with Crippen LogP contribution >= 0.6 is 0 Å². The van der Waals surface area contributed by atoms with E-state index in [1.807, 2.05) is 0 Å². The zero-order valence-electron chi connectivity index (χ0n) is 13.7. The first-order valence-electron chi connectivity index (χ1n) is 8.44. The van der Waals surface area contributed by atoms with Gasteiger partial charge >= 0.3 is 0 Å². The van der Waals surface area contributed by atoms with E-state index in [9.17, 15) is 0 Å². The molecule has 0 amide bonds. The maximum Gasteiger partial charge on any atom is 0.0320 e. The number of hydrogen-bond donors (Lipinski definition) is 1. The van der Waals surface area contributed by atoms with Crippen molar-refractivity contribution in [1.29, 1.82) is 0 Å². The van der Waals surface area contributed by atoms with Crippen molar-refractivity contribution < 1.29 is 0 Å². The summed E-state index contributed by atoms with van der Waals surface area (Å²) in [5, 5.41) is 3.97. The minimum atomic E-state index is 0.514. The number of rotatable bonds is 5. The van der Waals surface area contributed by atoms with Crippen molar-refractivity contribution in [3.63, 3.8) is 0 Å². The van der Waals surface area contributed by atoms with Crippen LogP contribution in [0.1, 0.15) is 70.0 Å². The molecular formula is C19H31N. The smallest absolute Gasteiger partial charge is 0.0320 e. The summed E-state index contributed by atoms with van der Waals surface area (Å²) in [4.78, 5) is 0. The van der Waals surface area contributed by atoms with Crippen LogP contribution < -0.4 is 5.32 Å². The zero-order chi connectivity index (χ0) is 14.5. The van der Waals surface area contributed by atoms with Gasteiger partial charge in [0.15, 0.2) is 0 Å². The van der Waals surface area contributed by atoms with Gasteiger partial charge in [-0.2, -0.15) is 0 Å². The van der Waals surface area contributed by atoms with E-state index < -0.39 is 0 Å². The Bertz CT molecular complexity index is 393. The van der Waals surface area contributed by atoms with E-state index >= 15 is 0 Å². The molecule has 0 spiro atoms. The number of aryl methyl sites for hydroxylation is 1. The van der Waals surface area contributed by atoms with Gasteiger partial charge in [-0.1, -0.05) is 63.4 Å². The maximum atomic E-state index is 3.97. The standard InChI is InChI=1S/C19H31N/c1-5-18(16-12-10-15(4)11-13-16)20-19-9-7-6-8-17(19)14(2)3/h10-14,17-20H,5-9H2,1-4H3. The second kappa shape index (κ2) is 7.26. The molecule has 1 saturated carbocycles.